The maximum atomic E-state index is 4.13. The van der Waals surface area contributed by atoms with E-state index in [9.17, 15) is 0 Å². The van der Waals surface area contributed by atoms with E-state index in [0.717, 1.165) is 18.6 Å². The van der Waals surface area contributed by atoms with Gasteiger partial charge in [0.2, 0.25) is 0 Å². The van der Waals surface area contributed by atoms with Crippen molar-refractivity contribution in [3.8, 4) is 0 Å². The Hall–Kier alpha value is -0.850. The van der Waals surface area contributed by atoms with E-state index in [1.807, 2.05) is 20.0 Å². The van der Waals surface area contributed by atoms with E-state index in [2.05, 4.69) is 24.6 Å². The van der Waals surface area contributed by atoms with Crippen molar-refractivity contribution in [3.63, 3.8) is 0 Å². The Morgan fingerprint density at radius 3 is 2.54 bits per heavy atom. The molecule has 0 N–H and O–H groups in total. The first kappa shape index (κ1) is 12.2. The number of allylic oxidation sites excluding steroid dienone is 3. The van der Waals surface area contributed by atoms with Gasteiger partial charge in [-0.1, -0.05) is 25.0 Å². The van der Waals surface area contributed by atoms with Crippen molar-refractivity contribution in [1.29, 1.82) is 0 Å². The lowest BCUT2D eigenvalue weighted by molar-refractivity contribution is 0.831. The average molecular weight is 179 g/mol. The van der Waals surface area contributed by atoms with E-state index in [-0.39, 0.29) is 0 Å². The van der Waals surface area contributed by atoms with Gasteiger partial charge in [0, 0.05) is 12.8 Å². The molecule has 0 bridgehead atoms. The first-order valence-electron chi connectivity index (χ1n) is 4.98. The Balaban J connectivity index is 4.21. The molecule has 0 unspecified atom stereocenters. The molecule has 0 aliphatic heterocycles. The molecule has 0 atom stereocenters. The SMILES string of the molecule is C=CCC/C(=C\C(C)=NC)CCC. The molecule has 0 radical (unpaired) electrons. The summed E-state index contributed by atoms with van der Waals surface area (Å²) < 4.78 is 0. The van der Waals surface area contributed by atoms with Crippen molar-refractivity contribution < 1.29 is 0 Å². The highest BCUT2D eigenvalue weighted by molar-refractivity contribution is 5.93. The first-order valence-corrected chi connectivity index (χ1v) is 4.98. The molecule has 0 aliphatic carbocycles. The van der Waals surface area contributed by atoms with Crippen LogP contribution in [0.3, 0.4) is 0 Å². The zero-order valence-corrected chi connectivity index (χ0v) is 9.14. The summed E-state index contributed by atoms with van der Waals surface area (Å²) >= 11 is 0. The Morgan fingerprint density at radius 1 is 1.38 bits per heavy atom. The van der Waals surface area contributed by atoms with Crippen LogP contribution in [0.5, 0.6) is 0 Å². The molecule has 13 heavy (non-hydrogen) atoms. The molecule has 0 saturated heterocycles. The van der Waals surface area contributed by atoms with Crippen LogP contribution in [0.15, 0.2) is 29.3 Å². The van der Waals surface area contributed by atoms with Crippen LogP contribution >= 0.6 is 0 Å². The summed E-state index contributed by atoms with van der Waals surface area (Å²) in [5.74, 6) is 0. The van der Waals surface area contributed by atoms with Crippen LogP contribution in [-0.4, -0.2) is 12.8 Å². The van der Waals surface area contributed by atoms with E-state index in [0.29, 0.717) is 0 Å². The van der Waals surface area contributed by atoms with Crippen LogP contribution in [0.1, 0.15) is 39.5 Å². The molecule has 0 aromatic carbocycles. The lowest BCUT2D eigenvalue weighted by atomic mass is 10.0. The molecule has 0 spiro atoms. The first-order chi connectivity index (χ1) is 6.24. The van der Waals surface area contributed by atoms with Crippen LogP contribution in [0.2, 0.25) is 0 Å². The molecule has 0 aromatic heterocycles. The Bertz CT molecular complexity index is 199. The third-order valence-corrected chi connectivity index (χ3v) is 2.01. The molecule has 1 nitrogen and oxygen atoms in total. The molecular weight excluding hydrogens is 158 g/mol. The van der Waals surface area contributed by atoms with E-state index in [1.165, 1.54) is 18.4 Å². The predicted octanol–water partition coefficient (Wildman–Crippen LogP) is 3.77. The molecular formula is C12H21N. The summed E-state index contributed by atoms with van der Waals surface area (Å²) in [4.78, 5) is 4.13. The number of rotatable bonds is 6. The van der Waals surface area contributed by atoms with Crippen LogP contribution in [-0.2, 0) is 0 Å². The Labute approximate surface area is 82.3 Å². The zero-order valence-electron chi connectivity index (χ0n) is 9.14. The van der Waals surface area contributed by atoms with Gasteiger partial charge in [0.15, 0.2) is 0 Å². The van der Waals surface area contributed by atoms with Gasteiger partial charge < -0.3 is 0 Å². The summed E-state index contributed by atoms with van der Waals surface area (Å²) in [5, 5.41) is 0. The number of hydrogen-bond acceptors (Lipinski definition) is 1. The van der Waals surface area contributed by atoms with Gasteiger partial charge in [-0.2, -0.15) is 0 Å². The van der Waals surface area contributed by atoms with Crippen molar-refractivity contribution in [2.75, 3.05) is 7.05 Å². The lowest BCUT2D eigenvalue weighted by Crippen LogP contribution is -1.90. The third kappa shape index (κ3) is 6.32. The number of nitrogens with zero attached hydrogens (tertiary/aromatic N) is 1. The zero-order chi connectivity index (χ0) is 10.1. The summed E-state index contributed by atoms with van der Waals surface area (Å²) in [7, 11) is 1.84. The van der Waals surface area contributed by atoms with Crippen LogP contribution in [0.25, 0.3) is 0 Å². The highest BCUT2D eigenvalue weighted by Gasteiger charge is 1.95. The van der Waals surface area contributed by atoms with E-state index in [4.69, 9.17) is 0 Å². The molecule has 1 heteroatoms. The Kier molecular flexibility index (Phi) is 7.27. The molecule has 0 saturated carbocycles. The molecule has 0 fully saturated rings. The van der Waals surface area contributed by atoms with Gasteiger partial charge in [0.1, 0.15) is 0 Å². The minimum atomic E-state index is 1.07. The quantitative estimate of drug-likeness (QED) is 0.435. The highest BCUT2D eigenvalue weighted by Crippen LogP contribution is 2.12. The second-order valence-corrected chi connectivity index (χ2v) is 3.24. The number of aliphatic imine (C=N–C) groups is 1. The maximum absolute atomic E-state index is 4.13. The van der Waals surface area contributed by atoms with Crippen molar-refractivity contribution in [1.82, 2.24) is 0 Å². The van der Waals surface area contributed by atoms with Gasteiger partial charge in [-0.3, -0.25) is 4.99 Å². The van der Waals surface area contributed by atoms with Crippen molar-refractivity contribution in [2.45, 2.75) is 39.5 Å². The fourth-order valence-electron chi connectivity index (χ4n) is 1.24. The predicted molar refractivity (Wildman–Crippen MR) is 61.5 cm³/mol. The summed E-state index contributed by atoms with van der Waals surface area (Å²) in [6.07, 6.45) is 8.77. The van der Waals surface area contributed by atoms with E-state index in [1.54, 1.807) is 0 Å². The summed E-state index contributed by atoms with van der Waals surface area (Å²) in [6.45, 7) is 7.99. The summed E-state index contributed by atoms with van der Waals surface area (Å²) in [5.41, 5.74) is 2.61. The van der Waals surface area contributed by atoms with Crippen molar-refractivity contribution in [2.24, 2.45) is 4.99 Å². The third-order valence-electron chi connectivity index (χ3n) is 2.01. The smallest absolute Gasteiger partial charge is 0.0313 e. The van der Waals surface area contributed by atoms with Crippen molar-refractivity contribution >= 4 is 5.71 Å². The molecule has 0 heterocycles. The number of hydrogen-bond donors (Lipinski definition) is 0. The van der Waals surface area contributed by atoms with E-state index < -0.39 is 0 Å². The fourth-order valence-corrected chi connectivity index (χ4v) is 1.24. The molecule has 0 rings (SSSR count). The molecule has 74 valence electrons. The lowest BCUT2D eigenvalue weighted by Gasteiger charge is -2.03. The van der Waals surface area contributed by atoms with Crippen molar-refractivity contribution in [3.05, 3.63) is 24.3 Å². The highest BCUT2D eigenvalue weighted by atomic mass is 14.7. The minimum absolute atomic E-state index is 1.07. The molecule has 0 aromatic rings. The monoisotopic (exact) mass is 179 g/mol. The standard InChI is InChI=1S/C12H21N/c1-5-7-9-12(8-6-2)10-11(3)13-4/h5,10H,1,6-9H2,2-4H3/b12-10-,13-11?. The topological polar surface area (TPSA) is 12.4 Å². The van der Waals surface area contributed by atoms with E-state index >= 15 is 0 Å². The van der Waals surface area contributed by atoms with Gasteiger partial charge in [0.05, 0.1) is 0 Å². The fraction of sp³-hybridized carbons (Fsp3) is 0.583. The molecule has 0 aliphatic rings. The largest absolute Gasteiger partial charge is 0.293 e. The van der Waals surface area contributed by atoms with Gasteiger partial charge in [-0.05, 0) is 32.3 Å². The van der Waals surface area contributed by atoms with Gasteiger partial charge in [-0.15, -0.1) is 6.58 Å². The van der Waals surface area contributed by atoms with Crippen LogP contribution < -0.4 is 0 Å². The average Bonchev–Trinajstić information content (AvgIpc) is 2.14. The van der Waals surface area contributed by atoms with Gasteiger partial charge in [0.25, 0.3) is 0 Å². The molecule has 0 amide bonds. The maximum Gasteiger partial charge on any atom is 0.0313 e. The van der Waals surface area contributed by atoms with Crippen LogP contribution in [0.4, 0.5) is 0 Å². The second-order valence-electron chi connectivity index (χ2n) is 3.24. The minimum Gasteiger partial charge on any atom is -0.293 e. The Morgan fingerprint density at radius 2 is 2.08 bits per heavy atom. The van der Waals surface area contributed by atoms with Gasteiger partial charge in [-0.25, -0.2) is 0 Å². The normalized spacial score (nSPS) is 13.2. The summed E-state index contributed by atoms with van der Waals surface area (Å²) in [6, 6.07) is 0. The van der Waals surface area contributed by atoms with Gasteiger partial charge >= 0.3 is 0 Å². The second kappa shape index (κ2) is 7.78. The van der Waals surface area contributed by atoms with Crippen LogP contribution in [0, 0.1) is 0 Å².